The van der Waals surface area contributed by atoms with E-state index in [-0.39, 0.29) is 11.9 Å². The molecule has 7 heteroatoms. The first-order chi connectivity index (χ1) is 13.1. The maximum Gasteiger partial charge on any atom is 0.238 e. The Labute approximate surface area is 164 Å². The zero-order valence-corrected chi connectivity index (χ0v) is 16.3. The van der Waals surface area contributed by atoms with Gasteiger partial charge in [-0.3, -0.25) is 9.69 Å². The van der Waals surface area contributed by atoms with Crippen LogP contribution in [0.15, 0.2) is 42.5 Å². The lowest BCUT2D eigenvalue weighted by Crippen LogP contribution is -2.48. The van der Waals surface area contributed by atoms with Crippen molar-refractivity contribution in [2.24, 2.45) is 0 Å². The van der Waals surface area contributed by atoms with E-state index in [1.807, 2.05) is 24.3 Å². The van der Waals surface area contributed by atoms with E-state index in [4.69, 9.17) is 21.1 Å². The first kappa shape index (κ1) is 19.5. The van der Waals surface area contributed by atoms with E-state index in [0.29, 0.717) is 28.8 Å². The molecule has 0 spiro atoms. The largest absolute Gasteiger partial charge is 0.497 e. The number of anilines is 1. The highest BCUT2D eigenvalue weighted by atomic mass is 35.5. The van der Waals surface area contributed by atoms with Crippen molar-refractivity contribution in [1.29, 1.82) is 0 Å². The van der Waals surface area contributed by atoms with Gasteiger partial charge in [0, 0.05) is 54.6 Å². The molecule has 1 aliphatic heterocycles. The highest BCUT2D eigenvalue weighted by Gasteiger charge is 2.25. The minimum atomic E-state index is -0.0840. The molecule has 1 fully saturated rings. The molecule has 1 atom stereocenters. The maximum atomic E-state index is 12.6. The van der Waals surface area contributed by atoms with Gasteiger partial charge < -0.3 is 20.1 Å². The van der Waals surface area contributed by atoms with Crippen molar-refractivity contribution in [1.82, 2.24) is 10.2 Å². The van der Waals surface area contributed by atoms with Gasteiger partial charge in [0.25, 0.3) is 0 Å². The normalized spacial score (nSPS) is 17.4. The first-order valence-corrected chi connectivity index (χ1v) is 9.20. The van der Waals surface area contributed by atoms with Crippen LogP contribution in [0.1, 0.15) is 11.6 Å². The van der Waals surface area contributed by atoms with Gasteiger partial charge in [0.05, 0.1) is 20.8 Å². The minimum Gasteiger partial charge on any atom is -0.497 e. The van der Waals surface area contributed by atoms with Crippen molar-refractivity contribution >= 4 is 23.2 Å². The number of halogens is 1. The summed E-state index contributed by atoms with van der Waals surface area (Å²) in [6, 6.07) is 13.2. The minimum absolute atomic E-state index is 0.0840. The molecule has 144 valence electrons. The zero-order chi connectivity index (χ0) is 19.2. The summed E-state index contributed by atoms with van der Waals surface area (Å²) >= 11 is 6.14. The fourth-order valence-corrected chi connectivity index (χ4v) is 3.44. The third kappa shape index (κ3) is 5.13. The Morgan fingerprint density at radius 3 is 2.63 bits per heavy atom. The number of ether oxygens (including phenoxy) is 2. The molecule has 1 aliphatic rings. The average Bonchev–Trinajstić information content (AvgIpc) is 2.68. The number of nitrogens with one attached hydrogen (secondary N) is 2. The number of rotatable bonds is 6. The second kappa shape index (κ2) is 9.08. The van der Waals surface area contributed by atoms with E-state index in [9.17, 15) is 4.79 Å². The third-order valence-corrected chi connectivity index (χ3v) is 4.80. The van der Waals surface area contributed by atoms with Crippen LogP contribution >= 0.6 is 11.6 Å². The summed E-state index contributed by atoms with van der Waals surface area (Å²) in [5.74, 6) is 1.17. The van der Waals surface area contributed by atoms with E-state index >= 15 is 0 Å². The van der Waals surface area contributed by atoms with Crippen molar-refractivity contribution in [2.75, 3.05) is 45.7 Å². The molecule has 1 unspecified atom stereocenters. The molecule has 2 aromatic rings. The van der Waals surface area contributed by atoms with Crippen molar-refractivity contribution in [3.63, 3.8) is 0 Å². The molecule has 0 aromatic heterocycles. The van der Waals surface area contributed by atoms with Gasteiger partial charge in [0.15, 0.2) is 0 Å². The smallest absolute Gasteiger partial charge is 0.238 e. The van der Waals surface area contributed by atoms with Crippen LogP contribution in [0.5, 0.6) is 11.5 Å². The summed E-state index contributed by atoms with van der Waals surface area (Å²) in [4.78, 5) is 14.8. The van der Waals surface area contributed by atoms with Crippen LogP contribution < -0.4 is 20.1 Å². The molecule has 0 saturated carbocycles. The lowest BCUT2D eigenvalue weighted by molar-refractivity contribution is -0.118. The van der Waals surface area contributed by atoms with Gasteiger partial charge in [-0.1, -0.05) is 23.7 Å². The number of hydrogen-bond acceptors (Lipinski definition) is 5. The average molecular weight is 390 g/mol. The van der Waals surface area contributed by atoms with Crippen LogP contribution in [0, 0.1) is 0 Å². The van der Waals surface area contributed by atoms with E-state index in [2.05, 4.69) is 15.5 Å². The lowest BCUT2D eigenvalue weighted by atomic mass is 10.0. The molecular weight excluding hydrogens is 366 g/mol. The zero-order valence-electron chi connectivity index (χ0n) is 15.5. The molecule has 2 aromatic carbocycles. The van der Waals surface area contributed by atoms with Gasteiger partial charge in [-0.25, -0.2) is 0 Å². The van der Waals surface area contributed by atoms with Crippen LogP contribution in [-0.2, 0) is 4.79 Å². The van der Waals surface area contributed by atoms with Gasteiger partial charge in [0.2, 0.25) is 5.91 Å². The lowest BCUT2D eigenvalue weighted by Gasteiger charge is -2.36. The van der Waals surface area contributed by atoms with Crippen LogP contribution in [-0.4, -0.2) is 51.2 Å². The predicted molar refractivity (Wildman–Crippen MR) is 107 cm³/mol. The first-order valence-electron chi connectivity index (χ1n) is 8.82. The third-order valence-electron chi connectivity index (χ3n) is 4.57. The van der Waals surface area contributed by atoms with Crippen molar-refractivity contribution in [3.05, 3.63) is 53.1 Å². The molecule has 1 heterocycles. The summed E-state index contributed by atoms with van der Waals surface area (Å²) in [6.45, 7) is 2.70. The van der Waals surface area contributed by atoms with Crippen LogP contribution in [0.25, 0.3) is 0 Å². The molecule has 0 aliphatic carbocycles. The number of benzene rings is 2. The van der Waals surface area contributed by atoms with Crippen molar-refractivity contribution in [2.45, 2.75) is 6.04 Å². The number of methoxy groups -OCH3 is 2. The molecule has 3 rings (SSSR count). The number of nitrogens with zero attached hydrogens (tertiary/aromatic N) is 1. The number of hydrogen-bond donors (Lipinski definition) is 2. The van der Waals surface area contributed by atoms with Gasteiger partial charge in [-0.15, -0.1) is 0 Å². The summed E-state index contributed by atoms with van der Waals surface area (Å²) in [6.07, 6.45) is 0. The van der Waals surface area contributed by atoms with Crippen molar-refractivity contribution < 1.29 is 14.3 Å². The Bertz CT molecular complexity index is 778. The number of carbonyl (C=O) groups excluding carboxylic acids is 1. The van der Waals surface area contributed by atoms with Gasteiger partial charge in [0.1, 0.15) is 11.5 Å². The van der Waals surface area contributed by atoms with E-state index in [1.54, 1.807) is 32.4 Å². The topological polar surface area (TPSA) is 62.8 Å². The molecule has 27 heavy (non-hydrogen) atoms. The highest BCUT2D eigenvalue weighted by Crippen LogP contribution is 2.27. The van der Waals surface area contributed by atoms with Crippen LogP contribution in [0.3, 0.4) is 0 Å². The number of piperazine rings is 1. The highest BCUT2D eigenvalue weighted by molar-refractivity contribution is 6.30. The second-order valence-electron chi connectivity index (χ2n) is 6.39. The summed E-state index contributed by atoms with van der Waals surface area (Å²) in [5, 5.41) is 7.02. The van der Waals surface area contributed by atoms with E-state index in [1.165, 1.54) is 0 Å². The monoisotopic (exact) mass is 389 g/mol. The van der Waals surface area contributed by atoms with Crippen molar-refractivity contribution in [3.8, 4) is 11.5 Å². The van der Waals surface area contributed by atoms with Gasteiger partial charge in [-0.2, -0.15) is 0 Å². The summed E-state index contributed by atoms with van der Waals surface area (Å²) in [5.41, 5.74) is 1.75. The molecule has 0 radical (unpaired) electrons. The van der Waals surface area contributed by atoms with Gasteiger partial charge >= 0.3 is 0 Å². The predicted octanol–water partition coefficient (Wildman–Crippen LogP) is 2.94. The Morgan fingerprint density at radius 1 is 1.22 bits per heavy atom. The Morgan fingerprint density at radius 2 is 1.96 bits per heavy atom. The number of amides is 1. The second-order valence-corrected chi connectivity index (χ2v) is 6.83. The Hall–Kier alpha value is -2.28. The molecular formula is C20H24ClN3O3. The molecule has 0 bridgehead atoms. The van der Waals surface area contributed by atoms with E-state index in [0.717, 1.165) is 25.2 Å². The fourth-order valence-electron chi connectivity index (χ4n) is 3.24. The standard InChI is InChI=1S/C20H24ClN3O3/c1-26-17-9-16(10-18(11-17)27-2)23-20(25)13-24-7-6-22-12-19(24)14-4-3-5-15(21)8-14/h3-5,8-11,19,22H,6-7,12-13H2,1-2H3,(H,23,25). The van der Waals surface area contributed by atoms with Crippen LogP contribution in [0.4, 0.5) is 5.69 Å². The fraction of sp³-hybridized carbons (Fsp3) is 0.350. The molecule has 1 saturated heterocycles. The maximum absolute atomic E-state index is 12.6. The SMILES string of the molecule is COc1cc(NC(=O)CN2CCNCC2c2cccc(Cl)c2)cc(OC)c1. The Kier molecular flexibility index (Phi) is 6.55. The molecule has 6 nitrogen and oxygen atoms in total. The van der Waals surface area contributed by atoms with E-state index < -0.39 is 0 Å². The summed E-state index contributed by atoms with van der Waals surface area (Å²) < 4.78 is 10.5. The molecule has 2 N–H and O–H groups in total. The van der Waals surface area contributed by atoms with Gasteiger partial charge in [-0.05, 0) is 17.7 Å². The summed E-state index contributed by atoms with van der Waals surface area (Å²) in [7, 11) is 3.16. The Balaban J connectivity index is 1.70. The molecule has 1 amide bonds. The quantitative estimate of drug-likeness (QED) is 0.795. The van der Waals surface area contributed by atoms with Crippen LogP contribution in [0.2, 0.25) is 5.02 Å². The number of carbonyl (C=O) groups is 1.